The first-order chi connectivity index (χ1) is 16.4. The van der Waals surface area contributed by atoms with Gasteiger partial charge in [-0.05, 0) is 51.2 Å². The average molecular weight is 475 g/mol. The van der Waals surface area contributed by atoms with Crippen LogP contribution in [-0.4, -0.2) is 40.4 Å². The summed E-state index contributed by atoms with van der Waals surface area (Å²) in [7, 11) is -2.71. The highest BCUT2D eigenvalue weighted by Crippen LogP contribution is 2.40. The van der Waals surface area contributed by atoms with Crippen molar-refractivity contribution in [3.63, 3.8) is 0 Å². The minimum atomic E-state index is -4.87. The van der Waals surface area contributed by atoms with E-state index < -0.39 is 55.1 Å². The lowest BCUT2D eigenvalue weighted by Gasteiger charge is -2.28. The quantitative estimate of drug-likeness (QED) is 0.612. The van der Waals surface area contributed by atoms with Crippen molar-refractivity contribution in [3.05, 3.63) is 34.8 Å². The molecular weight excluding hydrogens is 447 g/mol. The minimum Gasteiger partial charge on any atom is -0.377 e. The van der Waals surface area contributed by atoms with Crippen molar-refractivity contribution in [2.45, 2.75) is 63.7 Å². The van der Waals surface area contributed by atoms with Crippen molar-refractivity contribution in [3.8, 4) is 6.07 Å². The van der Waals surface area contributed by atoms with Gasteiger partial charge in [0.1, 0.15) is 17.4 Å². The zero-order valence-electron chi connectivity index (χ0n) is 21.0. The number of imidazole rings is 1. The van der Waals surface area contributed by atoms with E-state index in [-0.39, 0.29) is 48.4 Å². The smallest absolute Gasteiger partial charge is 0.377 e. The molecule has 1 fully saturated rings. The number of hydrogen-bond acceptors (Lipinski definition) is 4. The number of ether oxygens (including phenoxy) is 1. The fourth-order valence-electron chi connectivity index (χ4n) is 3.87. The molecule has 1 aliphatic rings. The number of fused-ring (bicyclic) bond motifs is 1. The van der Waals surface area contributed by atoms with E-state index in [1.165, 1.54) is 13.8 Å². The van der Waals surface area contributed by atoms with E-state index >= 15 is 0 Å². The second-order valence-electron chi connectivity index (χ2n) is 8.89. The van der Waals surface area contributed by atoms with Gasteiger partial charge in [0.25, 0.3) is 5.91 Å². The summed E-state index contributed by atoms with van der Waals surface area (Å²) in [6.07, 6.45) is -5.85. The normalized spacial score (nSPS) is 18.9. The van der Waals surface area contributed by atoms with Crippen molar-refractivity contribution in [1.29, 1.82) is 5.26 Å². The van der Waals surface area contributed by atoms with Crippen LogP contribution in [0.2, 0.25) is 0 Å². The maximum absolute atomic E-state index is 13.8. The number of amides is 1. The number of carbonyl (C=O) groups is 1. The molecule has 0 spiro atoms. The Labute approximate surface area is 191 Å². The molecule has 0 aliphatic heterocycles. The predicted octanol–water partition coefficient (Wildman–Crippen LogP) is 4.75. The highest BCUT2D eigenvalue weighted by molar-refractivity contribution is 5.95. The Morgan fingerprint density at radius 3 is 2.61 bits per heavy atom. The Balaban J connectivity index is 1.94. The molecule has 0 bridgehead atoms. The molecule has 11 heteroatoms. The number of methoxy groups -OCH3 is 1. The number of rotatable bonds is 6. The Morgan fingerprint density at radius 1 is 1.36 bits per heavy atom. The fourth-order valence-corrected chi connectivity index (χ4v) is 3.87. The van der Waals surface area contributed by atoms with Crippen LogP contribution in [-0.2, 0) is 17.3 Å². The number of nitrogens with one attached hydrogen (secondary N) is 1. The van der Waals surface area contributed by atoms with E-state index in [1.54, 1.807) is 6.07 Å². The lowest BCUT2D eigenvalue weighted by molar-refractivity contribution is -0.141. The van der Waals surface area contributed by atoms with Gasteiger partial charge in [-0.2, -0.15) is 18.4 Å². The summed E-state index contributed by atoms with van der Waals surface area (Å²) in [5, 5.41) is 12.1. The van der Waals surface area contributed by atoms with Crippen LogP contribution in [0.15, 0.2) is 12.1 Å². The first-order valence-corrected chi connectivity index (χ1v) is 10.3. The molecule has 0 saturated heterocycles. The Kier molecular flexibility index (Phi) is 5.62. The summed E-state index contributed by atoms with van der Waals surface area (Å²) in [6.45, 7) is 2.62. The largest absolute Gasteiger partial charge is 0.435 e. The van der Waals surface area contributed by atoms with Crippen LogP contribution in [0, 0.1) is 17.2 Å². The van der Waals surface area contributed by atoms with Crippen LogP contribution in [0.1, 0.15) is 71.1 Å². The van der Waals surface area contributed by atoms with Crippen molar-refractivity contribution < 1.29 is 35.6 Å². The van der Waals surface area contributed by atoms with Crippen molar-refractivity contribution in [2.75, 3.05) is 13.6 Å². The third kappa shape index (κ3) is 5.61. The van der Waals surface area contributed by atoms with E-state index in [1.807, 2.05) is 0 Å². The van der Waals surface area contributed by atoms with E-state index in [9.17, 15) is 32.0 Å². The third-order valence-electron chi connectivity index (χ3n) is 5.73. The SMILES string of the molecule is [2H]C([2H])([2H])OC(C)(C)CNC(=O)c1cc(C#N)n2c(CC3CCC(F)(F)CC3)c(C(F)(F)F)nc2c1. The first kappa shape index (κ1) is 20.8. The number of nitriles is 1. The van der Waals surface area contributed by atoms with Crippen molar-refractivity contribution in [1.82, 2.24) is 14.7 Å². The molecule has 2 heterocycles. The summed E-state index contributed by atoms with van der Waals surface area (Å²) in [5.41, 5.74) is -3.57. The van der Waals surface area contributed by atoms with Crippen LogP contribution in [0.5, 0.6) is 0 Å². The van der Waals surface area contributed by atoms with Gasteiger partial charge in [0.2, 0.25) is 5.92 Å². The van der Waals surface area contributed by atoms with Crippen LogP contribution >= 0.6 is 0 Å². The topological polar surface area (TPSA) is 79.4 Å². The monoisotopic (exact) mass is 475 g/mol. The predicted molar refractivity (Wildman–Crippen MR) is 109 cm³/mol. The molecule has 3 rings (SSSR count). The molecule has 1 saturated carbocycles. The van der Waals surface area contributed by atoms with Gasteiger partial charge in [-0.15, -0.1) is 0 Å². The number of aromatic nitrogens is 2. The maximum Gasteiger partial charge on any atom is 0.435 e. The molecule has 1 N–H and O–H groups in total. The molecule has 1 amide bonds. The molecule has 0 atom stereocenters. The summed E-state index contributed by atoms with van der Waals surface area (Å²) >= 11 is 0. The average Bonchev–Trinajstić information content (AvgIpc) is 3.10. The molecule has 1 aliphatic carbocycles. The van der Waals surface area contributed by atoms with E-state index in [0.29, 0.717) is 0 Å². The second-order valence-corrected chi connectivity index (χ2v) is 8.89. The van der Waals surface area contributed by atoms with Crippen LogP contribution in [0.3, 0.4) is 0 Å². The molecule has 0 unspecified atom stereocenters. The maximum atomic E-state index is 13.8. The van der Waals surface area contributed by atoms with Gasteiger partial charge < -0.3 is 10.1 Å². The molecule has 33 heavy (non-hydrogen) atoms. The molecule has 2 aromatic rings. The van der Waals surface area contributed by atoms with Gasteiger partial charge in [0.05, 0.1) is 15.4 Å². The van der Waals surface area contributed by atoms with Crippen LogP contribution < -0.4 is 5.32 Å². The number of alkyl halides is 5. The summed E-state index contributed by atoms with van der Waals surface area (Å²) in [5.74, 6) is -4.06. The molecule has 180 valence electrons. The van der Waals surface area contributed by atoms with Crippen molar-refractivity contribution >= 4 is 11.6 Å². The molecule has 0 radical (unpaired) electrons. The number of nitrogens with zero attached hydrogens (tertiary/aromatic N) is 3. The Morgan fingerprint density at radius 2 is 2.03 bits per heavy atom. The van der Waals surface area contributed by atoms with Crippen LogP contribution in [0.25, 0.3) is 5.65 Å². The lowest BCUT2D eigenvalue weighted by Crippen LogP contribution is -2.39. The number of carbonyl (C=O) groups excluding carboxylic acids is 1. The van der Waals surface area contributed by atoms with Gasteiger partial charge in [0.15, 0.2) is 5.69 Å². The molecule has 0 aromatic carbocycles. The van der Waals surface area contributed by atoms with Gasteiger partial charge in [-0.25, -0.2) is 13.8 Å². The first-order valence-electron chi connectivity index (χ1n) is 11.8. The number of hydrogen-bond donors (Lipinski definition) is 1. The van der Waals surface area contributed by atoms with Gasteiger partial charge >= 0.3 is 6.18 Å². The highest BCUT2D eigenvalue weighted by atomic mass is 19.4. The summed E-state index contributed by atoms with van der Waals surface area (Å²) < 4.78 is 96.0. The molecule has 2 aromatic heterocycles. The fraction of sp³-hybridized carbons (Fsp3) is 0.591. The van der Waals surface area contributed by atoms with E-state index in [2.05, 4.69) is 10.3 Å². The van der Waals surface area contributed by atoms with E-state index in [0.717, 1.165) is 16.5 Å². The van der Waals surface area contributed by atoms with Gasteiger partial charge in [0, 0.05) is 32.0 Å². The lowest BCUT2D eigenvalue weighted by atomic mass is 9.83. The van der Waals surface area contributed by atoms with Crippen LogP contribution in [0.4, 0.5) is 22.0 Å². The molecular formula is C22H25F5N4O2. The number of pyridine rings is 1. The standard InChI is InChI=1S/C22H25F5N4O2/c1-20(2,33-3)12-29-19(32)14-9-15(11-28)31-16(8-13-4-6-21(23,24)7-5-13)18(22(25,26)27)30-17(31)10-14/h9-10,13H,4-8,12H2,1-3H3,(H,29,32)/i3D3. The summed E-state index contributed by atoms with van der Waals surface area (Å²) in [4.78, 5) is 16.3. The third-order valence-corrected chi connectivity index (χ3v) is 5.73. The second kappa shape index (κ2) is 8.89. The van der Waals surface area contributed by atoms with E-state index in [4.69, 9.17) is 8.85 Å². The van der Waals surface area contributed by atoms with Crippen molar-refractivity contribution in [2.24, 2.45) is 5.92 Å². The number of halogens is 5. The van der Waals surface area contributed by atoms with Gasteiger partial charge in [-0.3, -0.25) is 9.20 Å². The molecule has 6 nitrogen and oxygen atoms in total. The van der Waals surface area contributed by atoms with Gasteiger partial charge in [-0.1, -0.05) is 0 Å². The Hall–Kier alpha value is -2.74. The minimum absolute atomic E-state index is 0.0357. The zero-order valence-corrected chi connectivity index (χ0v) is 18.0. The zero-order chi connectivity index (χ0) is 27.1. The Bertz CT molecular complexity index is 1180. The highest BCUT2D eigenvalue weighted by Gasteiger charge is 2.41. The summed E-state index contributed by atoms with van der Waals surface area (Å²) in [6, 6.07) is 3.96.